The van der Waals surface area contributed by atoms with E-state index in [2.05, 4.69) is 26.8 Å². The second-order valence-corrected chi connectivity index (χ2v) is 8.93. The highest BCUT2D eigenvalue weighted by Crippen LogP contribution is 2.44. The Morgan fingerprint density at radius 3 is 2.81 bits per heavy atom. The van der Waals surface area contributed by atoms with Gasteiger partial charge in [0.25, 0.3) is 5.91 Å². The maximum atomic E-state index is 12.8. The summed E-state index contributed by atoms with van der Waals surface area (Å²) in [5, 5.41) is 9.24. The summed E-state index contributed by atoms with van der Waals surface area (Å²) in [6.07, 6.45) is 4.95. The van der Waals surface area contributed by atoms with Crippen molar-refractivity contribution in [2.75, 3.05) is 10.7 Å². The summed E-state index contributed by atoms with van der Waals surface area (Å²) in [6, 6.07) is 7.45. The highest BCUT2D eigenvalue weighted by molar-refractivity contribution is 7.99. The van der Waals surface area contributed by atoms with E-state index in [0.717, 1.165) is 35.6 Å². The number of unbranched alkanes of at least 4 members (excludes halogenated alkanes) is 1. The first-order valence-electron chi connectivity index (χ1n) is 9.11. The second kappa shape index (κ2) is 7.28. The molecular weight excluding hydrogens is 344 g/mol. The van der Waals surface area contributed by atoms with Gasteiger partial charge in [0.2, 0.25) is 0 Å². The van der Waals surface area contributed by atoms with E-state index in [9.17, 15) is 14.9 Å². The Bertz CT molecular complexity index is 820. The fraction of sp³-hybridized carbons (Fsp3) is 0.476. The number of carbonyl (C=O) groups is 2. The Morgan fingerprint density at radius 1 is 1.35 bits per heavy atom. The first-order valence-corrected chi connectivity index (χ1v) is 10.1. The van der Waals surface area contributed by atoms with Crippen LogP contribution in [-0.2, 0) is 9.59 Å². The minimum absolute atomic E-state index is 0.0796. The van der Waals surface area contributed by atoms with E-state index < -0.39 is 0 Å². The number of benzene rings is 1. The lowest BCUT2D eigenvalue weighted by atomic mass is 9.72. The van der Waals surface area contributed by atoms with E-state index in [0.29, 0.717) is 17.6 Å². The predicted molar refractivity (Wildman–Crippen MR) is 104 cm³/mol. The molecule has 1 aromatic rings. The molecule has 1 saturated carbocycles. The van der Waals surface area contributed by atoms with E-state index in [1.54, 1.807) is 22.7 Å². The van der Waals surface area contributed by atoms with Crippen LogP contribution in [0.1, 0.15) is 52.0 Å². The van der Waals surface area contributed by atoms with Crippen LogP contribution in [0.3, 0.4) is 0 Å². The van der Waals surface area contributed by atoms with Gasteiger partial charge < -0.3 is 4.90 Å². The van der Waals surface area contributed by atoms with Crippen LogP contribution in [-0.4, -0.2) is 23.5 Å². The van der Waals surface area contributed by atoms with Gasteiger partial charge in [0.1, 0.15) is 0 Å². The third-order valence-corrected chi connectivity index (χ3v) is 6.13. The number of thioether (sulfide) groups is 1. The number of fused-ring (bicyclic) bond motifs is 1. The van der Waals surface area contributed by atoms with E-state index >= 15 is 0 Å². The van der Waals surface area contributed by atoms with Crippen molar-refractivity contribution in [2.24, 2.45) is 5.41 Å². The third kappa shape index (κ3) is 3.57. The summed E-state index contributed by atoms with van der Waals surface area (Å²) in [5.41, 5.74) is 1.93. The molecule has 0 N–H and O–H groups in total. The summed E-state index contributed by atoms with van der Waals surface area (Å²) in [5.74, 6) is 0.893. The molecule has 4 nitrogen and oxygen atoms in total. The Morgan fingerprint density at radius 2 is 2.12 bits per heavy atom. The monoisotopic (exact) mass is 368 g/mol. The van der Waals surface area contributed by atoms with Crippen molar-refractivity contribution in [2.45, 2.75) is 57.4 Å². The van der Waals surface area contributed by atoms with Gasteiger partial charge in [-0.05, 0) is 42.2 Å². The largest absolute Gasteiger partial charge is 0.300 e. The van der Waals surface area contributed by atoms with Crippen LogP contribution in [0, 0.1) is 16.7 Å². The van der Waals surface area contributed by atoms with Crippen molar-refractivity contribution in [3.63, 3.8) is 0 Å². The molecule has 1 aliphatic heterocycles. The Labute approximate surface area is 159 Å². The molecule has 1 amide bonds. The molecule has 2 aliphatic rings. The molecule has 3 rings (SSSR count). The number of hydrogen-bond acceptors (Lipinski definition) is 4. The lowest BCUT2D eigenvalue weighted by molar-refractivity contribution is -0.119. The molecule has 26 heavy (non-hydrogen) atoms. The molecule has 1 fully saturated rings. The van der Waals surface area contributed by atoms with Gasteiger partial charge in [-0.3, -0.25) is 9.59 Å². The summed E-state index contributed by atoms with van der Waals surface area (Å²) < 4.78 is 0. The standard InChI is InChI=1S/C21H24N2O2S/c1-4-5-8-26-19-9-14(13-22)6-7-16(19)23-17-11-21(2,3)12-18(24)15(17)10-20(23)25/h6-7,9-10,17H,4-5,8,11-12H2,1-3H3. The molecule has 1 atom stereocenters. The number of amides is 1. The molecule has 0 bridgehead atoms. The maximum absolute atomic E-state index is 12.8. The first kappa shape index (κ1) is 18.7. The number of ketones is 1. The van der Waals surface area contributed by atoms with Crippen LogP contribution >= 0.6 is 11.8 Å². The molecule has 1 aliphatic carbocycles. The summed E-state index contributed by atoms with van der Waals surface area (Å²) in [4.78, 5) is 28.0. The highest BCUT2D eigenvalue weighted by atomic mass is 32.2. The van der Waals surface area contributed by atoms with Crippen LogP contribution in [0.4, 0.5) is 5.69 Å². The molecule has 0 aromatic heterocycles. The molecule has 0 saturated heterocycles. The maximum Gasteiger partial charge on any atom is 0.252 e. The molecule has 1 heterocycles. The SMILES string of the molecule is CCCCSc1cc(C#N)ccc1N1C(=O)C=C2C(=O)CC(C)(C)CC21. The summed E-state index contributed by atoms with van der Waals surface area (Å²) >= 11 is 1.68. The van der Waals surface area contributed by atoms with Gasteiger partial charge in [-0.15, -0.1) is 11.8 Å². The third-order valence-electron chi connectivity index (χ3n) is 5.00. The number of Topliss-reactive ketones (excluding diaryl/α,β-unsaturated/α-hetero) is 1. The zero-order valence-corrected chi connectivity index (χ0v) is 16.4. The number of hydrogen-bond donors (Lipinski definition) is 0. The van der Waals surface area contributed by atoms with Gasteiger partial charge in [-0.25, -0.2) is 0 Å². The molecule has 1 aromatic carbocycles. The van der Waals surface area contributed by atoms with Crippen molar-refractivity contribution in [1.82, 2.24) is 0 Å². The number of rotatable bonds is 5. The van der Waals surface area contributed by atoms with E-state index in [1.165, 1.54) is 6.08 Å². The number of nitriles is 1. The number of nitrogens with zero attached hydrogens (tertiary/aromatic N) is 2. The van der Waals surface area contributed by atoms with E-state index in [1.807, 2.05) is 12.1 Å². The van der Waals surface area contributed by atoms with Crippen molar-refractivity contribution in [3.8, 4) is 6.07 Å². The Kier molecular flexibility index (Phi) is 5.24. The lowest BCUT2D eigenvalue weighted by Crippen LogP contribution is -2.43. The minimum Gasteiger partial charge on any atom is -0.300 e. The van der Waals surface area contributed by atoms with Gasteiger partial charge >= 0.3 is 0 Å². The number of anilines is 1. The number of carbonyl (C=O) groups excluding carboxylic acids is 2. The van der Waals surface area contributed by atoms with Gasteiger partial charge in [0, 0.05) is 23.0 Å². The Hall–Kier alpha value is -2.06. The fourth-order valence-electron chi connectivity index (χ4n) is 3.70. The second-order valence-electron chi connectivity index (χ2n) is 7.79. The quantitative estimate of drug-likeness (QED) is 0.568. The van der Waals surface area contributed by atoms with Crippen LogP contribution in [0.5, 0.6) is 0 Å². The molecule has 0 spiro atoms. The van der Waals surface area contributed by atoms with Gasteiger partial charge in [0.15, 0.2) is 5.78 Å². The first-order chi connectivity index (χ1) is 12.4. The van der Waals surface area contributed by atoms with Crippen molar-refractivity contribution < 1.29 is 9.59 Å². The fourth-order valence-corrected chi connectivity index (χ4v) is 4.88. The van der Waals surface area contributed by atoms with Crippen molar-refractivity contribution >= 4 is 29.1 Å². The molecule has 5 heteroatoms. The zero-order valence-electron chi connectivity index (χ0n) is 15.5. The smallest absolute Gasteiger partial charge is 0.252 e. The molecule has 1 unspecified atom stereocenters. The van der Waals surface area contributed by atoms with Gasteiger partial charge in [-0.2, -0.15) is 5.26 Å². The zero-order chi connectivity index (χ0) is 18.9. The molecule has 136 valence electrons. The van der Waals surface area contributed by atoms with Crippen molar-refractivity contribution in [1.29, 1.82) is 5.26 Å². The predicted octanol–water partition coefficient (Wildman–Crippen LogP) is 4.48. The van der Waals surface area contributed by atoms with E-state index in [4.69, 9.17) is 0 Å². The van der Waals surface area contributed by atoms with Crippen LogP contribution < -0.4 is 4.90 Å². The Balaban J connectivity index is 1.99. The van der Waals surface area contributed by atoms with E-state index in [-0.39, 0.29) is 23.1 Å². The lowest BCUT2D eigenvalue weighted by Gasteiger charge is -2.38. The van der Waals surface area contributed by atoms with Crippen molar-refractivity contribution in [3.05, 3.63) is 35.4 Å². The van der Waals surface area contributed by atoms with Crippen LogP contribution in [0.25, 0.3) is 0 Å². The van der Waals surface area contributed by atoms with Crippen LogP contribution in [0.15, 0.2) is 34.7 Å². The summed E-state index contributed by atoms with van der Waals surface area (Å²) in [7, 11) is 0. The molecule has 0 radical (unpaired) electrons. The minimum atomic E-state index is -0.197. The normalized spacial score (nSPS) is 21.4. The average molecular weight is 369 g/mol. The van der Waals surface area contributed by atoms with Gasteiger partial charge in [-0.1, -0.05) is 27.2 Å². The highest BCUT2D eigenvalue weighted by Gasteiger charge is 2.45. The average Bonchev–Trinajstić information content (AvgIpc) is 2.90. The topological polar surface area (TPSA) is 61.2 Å². The van der Waals surface area contributed by atoms with Gasteiger partial charge in [0.05, 0.1) is 23.4 Å². The molecular formula is C21H24N2O2S. The summed E-state index contributed by atoms with van der Waals surface area (Å²) in [6.45, 7) is 6.31. The van der Waals surface area contributed by atoms with Crippen LogP contribution in [0.2, 0.25) is 0 Å².